The van der Waals surface area contributed by atoms with E-state index < -0.39 is 0 Å². The summed E-state index contributed by atoms with van der Waals surface area (Å²) in [6, 6.07) is 3.42. The van der Waals surface area contributed by atoms with Gasteiger partial charge in [-0.3, -0.25) is 0 Å². The normalized spacial score (nSPS) is 18.7. The number of aromatic nitrogens is 2. The molecule has 0 saturated heterocycles. The first-order valence-electron chi connectivity index (χ1n) is 7.31. The molecule has 1 aromatic heterocycles. The van der Waals surface area contributed by atoms with Gasteiger partial charge in [-0.2, -0.15) is 11.8 Å². The van der Waals surface area contributed by atoms with Crippen molar-refractivity contribution in [1.82, 2.24) is 9.55 Å². The molecule has 1 fully saturated rings. The van der Waals surface area contributed by atoms with Crippen LogP contribution in [0, 0.1) is 12.7 Å². The zero-order valence-corrected chi connectivity index (χ0v) is 14.2. The van der Waals surface area contributed by atoms with E-state index in [0.717, 1.165) is 17.9 Å². The van der Waals surface area contributed by atoms with Crippen molar-refractivity contribution in [3.8, 4) is 0 Å². The van der Waals surface area contributed by atoms with Crippen molar-refractivity contribution in [3.05, 3.63) is 29.3 Å². The summed E-state index contributed by atoms with van der Waals surface area (Å²) < 4.78 is 16.3. The van der Waals surface area contributed by atoms with Gasteiger partial charge in [0.05, 0.1) is 16.4 Å². The predicted octanol–water partition coefficient (Wildman–Crippen LogP) is 5.07. The summed E-state index contributed by atoms with van der Waals surface area (Å²) in [7, 11) is 0. The summed E-state index contributed by atoms with van der Waals surface area (Å²) in [5.41, 5.74) is 2.36. The van der Waals surface area contributed by atoms with Crippen LogP contribution in [0.25, 0.3) is 11.0 Å². The Bertz CT molecular complexity index is 671. The first-order valence-corrected chi connectivity index (χ1v) is 8.97. The Morgan fingerprint density at radius 2 is 2.19 bits per heavy atom. The summed E-state index contributed by atoms with van der Waals surface area (Å²) >= 11 is 8.24. The van der Waals surface area contributed by atoms with Crippen LogP contribution in [-0.4, -0.2) is 20.6 Å². The van der Waals surface area contributed by atoms with E-state index in [4.69, 9.17) is 11.6 Å². The minimum absolute atomic E-state index is 0.181. The van der Waals surface area contributed by atoms with Crippen LogP contribution in [0.15, 0.2) is 12.1 Å². The summed E-state index contributed by atoms with van der Waals surface area (Å²) in [4.78, 5) is 4.57. The van der Waals surface area contributed by atoms with Crippen molar-refractivity contribution in [3.63, 3.8) is 0 Å². The lowest BCUT2D eigenvalue weighted by Crippen LogP contribution is -2.38. The van der Waals surface area contributed by atoms with Gasteiger partial charge in [-0.25, -0.2) is 9.37 Å². The molecule has 0 amide bonds. The van der Waals surface area contributed by atoms with E-state index in [-0.39, 0.29) is 15.9 Å². The second-order valence-electron chi connectivity index (χ2n) is 6.00. The number of benzene rings is 1. The van der Waals surface area contributed by atoms with Crippen LogP contribution >= 0.6 is 23.4 Å². The molecule has 0 bridgehead atoms. The minimum Gasteiger partial charge on any atom is -0.325 e. The van der Waals surface area contributed by atoms with Gasteiger partial charge in [0.2, 0.25) is 0 Å². The Labute approximate surface area is 134 Å². The summed E-state index contributed by atoms with van der Waals surface area (Å²) in [5.74, 6) is 0.640. The lowest BCUT2D eigenvalue weighted by atomic mass is 9.84. The molecule has 1 saturated carbocycles. The maximum atomic E-state index is 13.8. The number of hydrogen-bond acceptors (Lipinski definition) is 2. The number of thioether (sulfide) groups is 1. The standard InChI is InChI=1S/C16H20ClFN2S/c1-10-7-14-13(8-12(10)18)19-15(11(2)17)20(14)9-16(21-3)5-4-6-16/h7-8,11H,4-6,9H2,1-3H3. The predicted molar refractivity (Wildman–Crippen MR) is 88.8 cm³/mol. The van der Waals surface area contributed by atoms with Crippen molar-refractivity contribution in [2.45, 2.75) is 49.8 Å². The molecule has 0 N–H and O–H groups in total. The number of rotatable bonds is 4. The van der Waals surface area contributed by atoms with Gasteiger partial charge in [0, 0.05) is 17.4 Å². The van der Waals surface area contributed by atoms with Gasteiger partial charge >= 0.3 is 0 Å². The Balaban J connectivity index is 2.13. The molecule has 2 nitrogen and oxygen atoms in total. The van der Waals surface area contributed by atoms with E-state index in [1.807, 2.05) is 24.8 Å². The third-order valence-electron chi connectivity index (χ3n) is 4.56. The lowest BCUT2D eigenvalue weighted by molar-refractivity contribution is 0.321. The van der Waals surface area contributed by atoms with E-state index in [1.165, 1.54) is 25.3 Å². The Morgan fingerprint density at radius 1 is 1.48 bits per heavy atom. The van der Waals surface area contributed by atoms with Gasteiger partial charge in [0.25, 0.3) is 0 Å². The van der Waals surface area contributed by atoms with E-state index >= 15 is 0 Å². The molecule has 1 heterocycles. The van der Waals surface area contributed by atoms with Gasteiger partial charge in [-0.1, -0.05) is 6.42 Å². The fraction of sp³-hybridized carbons (Fsp3) is 0.562. The van der Waals surface area contributed by atoms with Crippen LogP contribution in [0.1, 0.15) is 43.0 Å². The quantitative estimate of drug-likeness (QED) is 0.730. The van der Waals surface area contributed by atoms with Crippen molar-refractivity contribution in [2.24, 2.45) is 0 Å². The molecule has 1 unspecified atom stereocenters. The molecule has 2 aromatic rings. The number of nitrogens with zero attached hydrogens (tertiary/aromatic N) is 2. The monoisotopic (exact) mass is 326 g/mol. The van der Waals surface area contributed by atoms with E-state index in [0.29, 0.717) is 11.1 Å². The summed E-state index contributed by atoms with van der Waals surface area (Å²) in [5, 5.41) is -0.181. The molecule has 1 aliphatic carbocycles. The molecule has 114 valence electrons. The zero-order chi connectivity index (χ0) is 15.2. The van der Waals surface area contributed by atoms with Crippen molar-refractivity contribution < 1.29 is 4.39 Å². The molecule has 1 aliphatic rings. The largest absolute Gasteiger partial charge is 0.325 e. The molecule has 0 aliphatic heterocycles. The van der Waals surface area contributed by atoms with Crippen LogP contribution in [0.3, 0.4) is 0 Å². The van der Waals surface area contributed by atoms with Crippen LogP contribution < -0.4 is 0 Å². The number of hydrogen-bond donors (Lipinski definition) is 0. The number of fused-ring (bicyclic) bond motifs is 1. The molecule has 5 heteroatoms. The maximum Gasteiger partial charge on any atom is 0.128 e. The first-order chi connectivity index (χ1) is 9.96. The molecule has 0 radical (unpaired) electrons. The Morgan fingerprint density at radius 3 is 2.71 bits per heavy atom. The SMILES string of the molecule is CSC1(Cn2c(C(C)Cl)nc3cc(F)c(C)cc32)CCC1. The smallest absolute Gasteiger partial charge is 0.128 e. The van der Waals surface area contributed by atoms with Crippen molar-refractivity contribution >= 4 is 34.4 Å². The van der Waals surface area contributed by atoms with Gasteiger partial charge in [0.15, 0.2) is 0 Å². The fourth-order valence-electron chi connectivity index (χ4n) is 3.02. The zero-order valence-electron chi connectivity index (χ0n) is 12.6. The lowest BCUT2D eigenvalue weighted by Gasteiger charge is -2.41. The molecule has 1 atom stereocenters. The number of alkyl halides is 1. The van der Waals surface area contributed by atoms with Gasteiger partial charge in [0.1, 0.15) is 11.6 Å². The molecular weight excluding hydrogens is 307 g/mol. The highest BCUT2D eigenvalue weighted by molar-refractivity contribution is 8.00. The van der Waals surface area contributed by atoms with Gasteiger partial charge < -0.3 is 4.57 Å². The molecular formula is C16H20ClFN2S. The van der Waals surface area contributed by atoms with E-state index in [2.05, 4.69) is 15.8 Å². The molecule has 3 rings (SSSR count). The van der Waals surface area contributed by atoms with Crippen LogP contribution in [-0.2, 0) is 6.54 Å². The fourth-order valence-corrected chi connectivity index (χ4v) is 4.15. The van der Waals surface area contributed by atoms with Crippen molar-refractivity contribution in [1.29, 1.82) is 0 Å². The topological polar surface area (TPSA) is 17.8 Å². The Hall–Kier alpha value is -0.740. The maximum absolute atomic E-state index is 13.8. The van der Waals surface area contributed by atoms with Crippen LogP contribution in [0.4, 0.5) is 4.39 Å². The third-order valence-corrected chi connectivity index (χ3v) is 6.16. The number of imidazole rings is 1. The highest BCUT2D eigenvalue weighted by atomic mass is 35.5. The molecule has 1 aromatic carbocycles. The van der Waals surface area contributed by atoms with Crippen LogP contribution in [0.2, 0.25) is 0 Å². The second-order valence-corrected chi connectivity index (χ2v) is 7.93. The Kier molecular flexibility index (Phi) is 3.95. The number of aryl methyl sites for hydroxylation is 1. The molecule has 0 spiro atoms. The van der Waals surface area contributed by atoms with E-state index in [9.17, 15) is 4.39 Å². The highest BCUT2D eigenvalue weighted by Gasteiger charge is 2.37. The number of halogens is 2. The summed E-state index contributed by atoms with van der Waals surface area (Å²) in [6.45, 7) is 4.63. The summed E-state index contributed by atoms with van der Waals surface area (Å²) in [6.07, 6.45) is 5.91. The van der Waals surface area contributed by atoms with Crippen molar-refractivity contribution in [2.75, 3.05) is 6.26 Å². The third kappa shape index (κ3) is 2.57. The highest BCUT2D eigenvalue weighted by Crippen LogP contribution is 2.45. The average molecular weight is 327 g/mol. The first kappa shape index (κ1) is 15.2. The van der Waals surface area contributed by atoms with Gasteiger partial charge in [-0.05, 0) is 44.6 Å². The van der Waals surface area contributed by atoms with E-state index in [1.54, 1.807) is 6.92 Å². The van der Waals surface area contributed by atoms with Crippen LogP contribution in [0.5, 0.6) is 0 Å². The second kappa shape index (κ2) is 5.47. The average Bonchev–Trinajstić information content (AvgIpc) is 2.73. The minimum atomic E-state index is -0.204. The van der Waals surface area contributed by atoms with Gasteiger partial charge in [-0.15, -0.1) is 11.6 Å². The molecule has 21 heavy (non-hydrogen) atoms.